The predicted octanol–water partition coefficient (Wildman–Crippen LogP) is 1.65. The van der Waals surface area contributed by atoms with Gasteiger partial charge in [-0.2, -0.15) is 12.7 Å². The minimum atomic E-state index is -3.80. The van der Waals surface area contributed by atoms with Crippen molar-refractivity contribution in [2.75, 3.05) is 25.4 Å². The van der Waals surface area contributed by atoms with E-state index in [9.17, 15) is 17.6 Å². The molecule has 12 heteroatoms. The van der Waals surface area contributed by atoms with E-state index in [0.717, 1.165) is 3.97 Å². The van der Waals surface area contributed by atoms with Crippen LogP contribution in [0.1, 0.15) is 41.1 Å². The number of benzene rings is 1. The van der Waals surface area contributed by atoms with E-state index in [0.29, 0.717) is 37.2 Å². The smallest absolute Gasteiger partial charge is 0.308 e. The van der Waals surface area contributed by atoms with Gasteiger partial charge in [0.15, 0.2) is 11.5 Å². The summed E-state index contributed by atoms with van der Waals surface area (Å²) in [5.74, 6) is -0.517. The Bertz CT molecular complexity index is 1300. The zero-order chi connectivity index (χ0) is 24.3. The van der Waals surface area contributed by atoms with Crippen molar-refractivity contribution in [3.63, 3.8) is 0 Å². The summed E-state index contributed by atoms with van der Waals surface area (Å²) in [6.45, 7) is 2.27. The highest BCUT2D eigenvalue weighted by atomic mass is 32.2. The van der Waals surface area contributed by atoms with Crippen LogP contribution < -0.4 is 11.1 Å². The first-order valence-electron chi connectivity index (χ1n) is 10.8. The van der Waals surface area contributed by atoms with E-state index in [1.54, 1.807) is 19.1 Å². The highest BCUT2D eigenvalue weighted by Crippen LogP contribution is 2.36. The molecular weight excluding hydrogens is 461 g/mol. The third kappa shape index (κ3) is 4.64. The monoisotopic (exact) mass is 487 g/mol. The fourth-order valence-corrected chi connectivity index (χ4v) is 5.90. The van der Waals surface area contributed by atoms with Crippen LogP contribution in [0.25, 0.3) is 0 Å². The van der Waals surface area contributed by atoms with Crippen LogP contribution in [-0.4, -0.2) is 57.2 Å². The van der Waals surface area contributed by atoms with Crippen LogP contribution in [0.3, 0.4) is 0 Å². The third-order valence-electron chi connectivity index (χ3n) is 6.23. The molecule has 0 radical (unpaired) electrons. The highest BCUT2D eigenvalue weighted by molar-refractivity contribution is 7.87. The van der Waals surface area contributed by atoms with Crippen LogP contribution in [0, 0.1) is 12.7 Å². The molecule has 10 nitrogen and oxygen atoms in total. The molecule has 3 aromatic rings. The maximum absolute atomic E-state index is 14.2. The van der Waals surface area contributed by atoms with E-state index in [-0.39, 0.29) is 24.6 Å². The molecule has 1 aliphatic rings. The SMILES string of the molecule is Cc1nccn1S(=O)(=O)N1CCCC(CNC(=O)c2nccnc2N)(c2cccc(F)c2)CC1. The molecule has 1 atom stereocenters. The van der Waals surface area contributed by atoms with Crippen molar-refractivity contribution in [3.05, 3.63) is 72.0 Å². The molecule has 0 saturated carbocycles. The molecule has 1 fully saturated rings. The summed E-state index contributed by atoms with van der Waals surface area (Å²) in [5, 5.41) is 2.86. The minimum absolute atomic E-state index is 0.00491. The van der Waals surface area contributed by atoms with E-state index in [1.807, 2.05) is 0 Å². The van der Waals surface area contributed by atoms with Gasteiger partial charge in [0.2, 0.25) is 0 Å². The molecule has 3 N–H and O–H groups in total. The number of anilines is 1. The van der Waals surface area contributed by atoms with Crippen molar-refractivity contribution in [2.24, 2.45) is 0 Å². The van der Waals surface area contributed by atoms with Gasteiger partial charge in [0.1, 0.15) is 11.6 Å². The summed E-state index contributed by atoms with van der Waals surface area (Å²) in [5.41, 5.74) is 5.78. The Morgan fingerprint density at radius 3 is 2.68 bits per heavy atom. The number of aryl methyl sites for hydroxylation is 1. The van der Waals surface area contributed by atoms with Crippen molar-refractivity contribution in [1.29, 1.82) is 0 Å². The Morgan fingerprint density at radius 2 is 1.97 bits per heavy atom. The second kappa shape index (κ2) is 9.47. The number of amides is 1. The van der Waals surface area contributed by atoms with Gasteiger partial charge in [0.25, 0.3) is 5.91 Å². The lowest BCUT2D eigenvalue weighted by Crippen LogP contribution is -2.43. The van der Waals surface area contributed by atoms with E-state index in [4.69, 9.17) is 5.73 Å². The Balaban J connectivity index is 1.61. The Morgan fingerprint density at radius 1 is 1.18 bits per heavy atom. The number of nitrogen functional groups attached to an aromatic ring is 1. The largest absolute Gasteiger partial charge is 0.382 e. The van der Waals surface area contributed by atoms with Gasteiger partial charge in [-0.05, 0) is 43.9 Å². The van der Waals surface area contributed by atoms with E-state index >= 15 is 0 Å². The van der Waals surface area contributed by atoms with Crippen molar-refractivity contribution < 1.29 is 17.6 Å². The van der Waals surface area contributed by atoms with Crippen LogP contribution in [0.4, 0.5) is 10.2 Å². The summed E-state index contributed by atoms with van der Waals surface area (Å²) in [6.07, 6.45) is 7.06. The van der Waals surface area contributed by atoms with E-state index in [2.05, 4.69) is 20.3 Å². The molecule has 1 aliphatic heterocycles. The standard InChI is InChI=1S/C22H26FN7O3S/c1-16-25-10-13-30(16)34(32,33)29-11-3-6-22(7-12-29,17-4-2-5-18(23)14-17)15-28-21(31)19-20(24)27-9-8-26-19/h2,4-5,8-10,13-14H,3,6-7,11-12,15H2,1H3,(H2,24,27)(H,28,31). The van der Waals surface area contributed by atoms with Crippen molar-refractivity contribution >= 4 is 21.9 Å². The quantitative estimate of drug-likeness (QED) is 0.539. The summed E-state index contributed by atoms with van der Waals surface area (Å²) in [6, 6.07) is 6.21. The number of carbonyl (C=O) groups is 1. The van der Waals surface area contributed by atoms with Crippen LogP contribution in [0.5, 0.6) is 0 Å². The molecule has 0 spiro atoms. The zero-order valence-corrected chi connectivity index (χ0v) is 19.5. The maximum atomic E-state index is 14.2. The van der Waals surface area contributed by atoms with Gasteiger partial charge in [0, 0.05) is 49.8 Å². The average Bonchev–Trinajstić information content (AvgIpc) is 3.13. The molecule has 2 aromatic heterocycles. The van der Waals surface area contributed by atoms with Gasteiger partial charge in [-0.25, -0.2) is 23.3 Å². The first-order valence-corrected chi connectivity index (χ1v) is 12.2. The fourth-order valence-electron chi connectivity index (χ4n) is 4.38. The average molecular weight is 488 g/mol. The topological polar surface area (TPSA) is 136 Å². The molecule has 180 valence electrons. The van der Waals surface area contributed by atoms with Gasteiger partial charge in [-0.1, -0.05) is 12.1 Å². The molecule has 1 saturated heterocycles. The summed E-state index contributed by atoms with van der Waals surface area (Å²) in [7, 11) is -3.80. The lowest BCUT2D eigenvalue weighted by Gasteiger charge is -2.34. The van der Waals surface area contributed by atoms with Gasteiger partial charge >= 0.3 is 10.2 Å². The number of rotatable bonds is 6. The highest BCUT2D eigenvalue weighted by Gasteiger charge is 2.38. The molecule has 34 heavy (non-hydrogen) atoms. The van der Waals surface area contributed by atoms with E-state index < -0.39 is 27.3 Å². The molecule has 1 amide bonds. The van der Waals surface area contributed by atoms with Crippen molar-refractivity contribution in [1.82, 2.24) is 28.5 Å². The lowest BCUT2D eigenvalue weighted by molar-refractivity contribution is 0.0936. The van der Waals surface area contributed by atoms with Gasteiger partial charge < -0.3 is 11.1 Å². The van der Waals surface area contributed by atoms with Crippen LogP contribution in [0.15, 0.2) is 49.1 Å². The molecule has 0 bridgehead atoms. The molecule has 1 aromatic carbocycles. The van der Waals surface area contributed by atoms with Crippen LogP contribution >= 0.6 is 0 Å². The molecule has 0 aliphatic carbocycles. The Labute approximate surface area is 197 Å². The number of nitrogens with one attached hydrogen (secondary N) is 1. The van der Waals surface area contributed by atoms with E-state index in [1.165, 1.54) is 41.2 Å². The maximum Gasteiger partial charge on any atom is 0.308 e. The number of nitrogens with zero attached hydrogens (tertiary/aromatic N) is 5. The van der Waals surface area contributed by atoms with Crippen molar-refractivity contribution in [3.8, 4) is 0 Å². The zero-order valence-electron chi connectivity index (χ0n) is 18.7. The first kappa shape index (κ1) is 23.8. The Hall–Kier alpha value is -3.38. The van der Waals surface area contributed by atoms with Gasteiger partial charge in [-0.3, -0.25) is 4.79 Å². The fraction of sp³-hybridized carbons (Fsp3) is 0.364. The predicted molar refractivity (Wildman–Crippen MR) is 124 cm³/mol. The molecule has 4 rings (SSSR count). The first-order chi connectivity index (χ1) is 16.2. The minimum Gasteiger partial charge on any atom is -0.382 e. The van der Waals surface area contributed by atoms with Gasteiger partial charge in [0.05, 0.1) is 0 Å². The number of hydrogen-bond acceptors (Lipinski definition) is 7. The van der Waals surface area contributed by atoms with Crippen molar-refractivity contribution in [2.45, 2.75) is 31.6 Å². The van der Waals surface area contributed by atoms with Gasteiger partial charge in [-0.15, -0.1) is 0 Å². The summed E-state index contributed by atoms with van der Waals surface area (Å²) in [4.78, 5) is 24.7. The number of halogens is 1. The second-order valence-electron chi connectivity index (χ2n) is 8.29. The second-order valence-corrected chi connectivity index (χ2v) is 10.1. The number of nitrogens with two attached hydrogens (primary N) is 1. The number of carbonyl (C=O) groups excluding carboxylic acids is 1. The summed E-state index contributed by atoms with van der Waals surface area (Å²) >= 11 is 0. The summed E-state index contributed by atoms with van der Waals surface area (Å²) < 4.78 is 43.1. The third-order valence-corrected chi connectivity index (χ3v) is 8.13. The number of hydrogen-bond donors (Lipinski definition) is 2. The normalized spacial score (nSPS) is 19.5. The molecular formula is C22H26FN7O3S. The van der Waals surface area contributed by atoms with Crippen LogP contribution in [-0.2, 0) is 15.6 Å². The molecule has 1 unspecified atom stereocenters. The number of imidazole rings is 1. The Kier molecular flexibility index (Phi) is 6.62. The van der Waals surface area contributed by atoms with Crippen LogP contribution in [0.2, 0.25) is 0 Å². The number of aromatic nitrogens is 4. The molecule has 3 heterocycles. The lowest BCUT2D eigenvalue weighted by atomic mass is 9.74.